The van der Waals surface area contributed by atoms with Crippen LogP contribution in [0, 0.1) is 31.6 Å². The smallest absolute Gasteiger partial charge is 0.315 e. The molecular formula is C18H30N4O2. The number of rotatable bonds is 5. The molecule has 1 aromatic rings. The summed E-state index contributed by atoms with van der Waals surface area (Å²) in [5, 5.41) is 20.4. The minimum absolute atomic E-state index is 0.0372. The number of nitrogens with one attached hydrogen (secondary N) is 2. The highest BCUT2D eigenvalue weighted by Gasteiger charge is 2.47. The van der Waals surface area contributed by atoms with Gasteiger partial charge in [-0.25, -0.2) is 4.79 Å². The Bertz CT molecular complexity index is 612. The Morgan fingerprint density at radius 2 is 2.08 bits per heavy atom. The standard InChI is InChI=1S/C18H30N4O2/c1-5-15(16-10(2)21-22(4)11(16)3)19-18(24)20-17-13-7-6-12(8-13)14(17)9-23/h12-15,17,23H,5-9H2,1-4H3,(H2,19,20,24). The van der Waals surface area contributed by atoms with Crippen molar-refractivity contribution in [1.29, 1.82) is 0 Å². The Balaban J connectivity index is 1.67. The molecule has 6 heteroatoms. The number of fused-ring (bicyclic) bond motifs is 2. The number of aryl methyl sites for hydroxylation is 2. The van der Waals surface area contributed by atoms with Crippen LogP contribution >= 0.6 is 0 Å². The molecule has 5 atom stereocenters. The molecule has 6 nitrogen and oxygen atoms in total. The van der Waals surface area contributed by atoms with Gasteiger partial charge in [0, 0.05) is 36.9 Å². The van der Waals surface area contributed by atoms with Crippen molar-refractivity contribution in [3.63, 3.8) is 0 Å². The Kier molecular flexibility index (Phi) is 4.85. The zero-order valence-electron chi connectivity index (χ0n) is 15.2. The maximum Gasteiger partial charge on any atom is 0.315 e. The van der Waals surface area contributed by atoms with Crippen LogP contribution < -0.4 is 10.6 Å². The predicted molar refractivity (Wildman–Crippen MR) is 92.6 cm³/mol. The molecule has 2 aliphatic rings. The second kappa shape index (κ2) is 6.75. The third kappa shape index (κ3) is 2.92. The van der Waals surface area contributed by atoms with Crippen molar-refractivity contribution in [1.82, 2.24) is 20.4 Å². The molecule has 2 fully saturated rings. The summed E-state index contributed by atoms with van der Waals surface area (Å²) in [7, 11) is 1.93. The molecule has 5 unspecified atom stereocenters. The highest BCUT2D eigenvalue weighted by molar-refractivity contribution is 5.75. The van der Waals surface area contributed by atoms with Gasteiger partial charge in [0.2, 0.25) is 0 Å². The SMILES string of the molecule is CCC(NC(=O)NC1C2CCC(C2)C1CO)c1c(C)nn(C)c1C. The molecule has 24 heavy (non-hydrogen) atoms. The number of carbonyl (C=O) groups is 1. The normalized spacial score (nSPS) is 29.7. The van der Waals surface area contributed by atoms with Crippen molar-refractivity contribution in [2.45, 2.75) is 58.5 Å². The molecule has 0 spiro atoms. The van der Waals surface area contributed by atoms with E-state index in [0.717, 1.165) is 29.8 Å². The summed E-state index contributed by atoms with van der Waals surface area (Å²) in [5.41, 5.74) is 3.17. The molecule has 0 radical (unpaired) electrons. The molecular weight excluding hydrogens is 304 g/mol. The van der Waals surface area contributed by atoms with E-state index in [1.807, 2.05) is 25.6 Å². The number of urea groups is 1. The highest BCUT2D eigenvalue weighted by Crippen LogP contribution is 2.48. The van der Waals surface area contributed by atoms with E-state index in [0.29, 0.717) is 11.8 Å². The lowest BCUT2D eigenvalue weighted by molar-refractivity contribution is 0.144. The van der Waals surface area contributed by atoms with Crippen LogP contribution in [0.1, 0.15) is 55.6 Å². The Morgan fingerprint density at radius 3 is 2.67 bits per heavy atom. The number of nitrogens with zero attached hydrogens (tertiary/aromatic N) is 2. The van der Waals surface area contributed by atoms with Gasteiger partial charge in [-0.15, -0.1) is 0 Å². The van der Waals surface area contributed by atoms with E-state index in [4.69, 9.17) is 0 Å². The lowest BCUT2D eigenvalue weighted by Crippen LogP contribution is -2.49. The van der Waals surface area contributed by atoms with E-state index in [1.54, 1.807) is 0 Å². The Morgan fingerprint density at radius 1 is 1.38 bits per heavy atom. The average molecular weight is 334 g/mol. The third-order valence-corrected chi connectivity index (χ3v) is 6.22. The van der Waals surface area contributed by atoms with Crippen LogP contribution in [0.15, 0.2) is 0 Å². The monoisotopic (exact) mass is 334 g/mol. The van der Waals surface area contributed by atoms with Crippen molar-refractivity contribution >= 4 is 6.03 Å². The summed E-state index contributed by atoms with van der Waals surface area (Å²) in [6, 6.07) is -0.0484. The fourth-order valence-electron chi connectivity index (χ4n) is 4.92. The van der Waals surface area contributed by atoms with Gasteiger partial charge < -0.3 is 15.7 Å². The summed E-state index contributed by atoms with van der Waals surface area (Å²) in [6.45, 7) is 6.27. The van der Waals surface area contributed by atoms with E-state index in [2.05, 4.69) is 22.7 Å². The molecule has 2 amide bonds. The van der Waals surface area contributed by atoms with E-state index in [9.17, 15) is 9.90 Å². The van der Waals surface area contributed by atoms with Gasteiger partial charge in [-0.05, 0) is 51.4 Å². The molecule has 2 saturated carbocycles. The molecule has 3 rings (SSSR count). The number of carbonyl (C=O) groups excluding carboxylic acids is 1. The van der Waals surface area contributed by atoms with Gasteiger partial charge in [0.15, 0.2) is 0 Å². The van der Waals surface area contributed by atoms with Gasteiger partial charge in [-0.1, -0.05) is 6.92 Å². The molecule has 1 heterocycles. The first-order valence-electron chi connectivity index (χ1n) is 9.14. The molecule has 2 aliphatic carbocycles. The number of aliphatic hydroxyl groups excluding tert-OH is 1. The highest BCUT2D eigenvalue weighted by atomic mass is 16.3. The van der Waals surface area contributed by atoms with E-state index in [1.165, 1.54) is 12.8 Å². The maximum atomic E-state index is 12.6. The molecule has 0 aliphatic heterocycles. The number of hydrogen-bond acceptors (Lipinski definition) is 3. The fraction of sp³-hybridized carbons (Fsp3) is 0.778. The maximum absolute atomic E-state index is 12.6. The number of aliphatic hydroxyl groups is 1. The second-order valence-corrected chi connectivity index (χ2v) is 7.49. The van der Waals surface area contributed by atoms with Gasteiger partial charge in [0.05, 0.1) is 11.7 Å². The number of amides is 2. The zero-order chi connectivity index (χ0) is 17.4. The first-order valence-corrected chi connectivity index (χ1v) is 9.14. The summed E-state index contributed by atoms with van der Waals surface area (Å²) >= 11 is 0. The molecule has 0 aromatic carbocycles. The van der Waals surface area contributed by atoms with Crippen molar-refractivity contribution < 1.29 is 9.90 Å². The average Bonchev–Trinajstić information content (AvgIpc) is 3.20. The van der Waals surface area contributed by atoms with Gasteiger partial charge in [0.25, 0.3) is 0 Å². The summed E-state index contributed by atoms with van der Waals surface area (Å²) in [6.07, 6.45) is 4.33. The number of aromatic nitrogens is 2. The van der Waals surface area contributed by atoms with Gasteiger partial charge in [-0.2, -0.15) is 5.10 Å². The lowest BCUT2D eigenvalue weighted by atomic mass is 9.85. The molecule has 2 bridgehead atoms. The Hall–Kier alpha value is -1.56. The van der Waals surface area contributed by atoms with Crippen LogP contribution in [0.2, 0.25) is 0 Å². The molecule has 3 N–H and O–H groups in total. The first kappa shape index (κ1) is 17.3. The van der Waals surface area contributed by atoms with Gasteiger partial charge >= 0.3 is 6.03 Å². The van der Waals surface area contributed by atoms with Crippen LogP contribution in [0.5, 0.6) is 0 Å². The summed E-state index contributed by atoms with van der Waals surface area (Å²) < 4.78 is 1.87. The van der Waals surface area contributed by atoms with E-state index in [-0.39, 0.29) is 30.6 Å². The minimum Gasteiger partial charge on any atom is -0.396 e. The summed E-state index contributed by atoms with van der Waals surface area (Å²) in [4.78, 5) is 12.6. The van der Waals surface area contributed by atoms with Crippen LogP contribution in [0.4, 0.5) is 4.79 Å². The topological polar surface area (TPSA) is 79.2 Å². The van der Waals surface area contributed by atoms with Crippen molar-refractivity contribution in [3.05, 3.63) is 17.0 Å². The lowest BCUT2D eigenvalue weighted by Gasteiger charge is -2.31. The van der Waals surface area contributed by atoms with Crippen molar-refractivity contribution in [2.75, 3.05) is 6.61 Å². The molecule has 134 valence electrons. The largest absolute Gasteiger partial charge is 0.396 e. The van der Waals surface area contributed by atoms with Crippen LogP contribution in [-0.4, -0.2) is 33.6 Å². The molecule has 1 aromatic heterocycles. The second-order valence-electron chi connectivity index (χ2n) is 7.49. The molecule has 0 saturated heterocycles. The van der Waals surface area contributed by atoms with Gasteiger partial charge in [0.1, 0.15) is 0 Å². The van der Waals surface area contributed by atoms with Crippen molar-refractivity contribution in [3.8, 4) is 0 Å². The first-order chi connectivity index (χ1) is 11.5. The predicted octanol–water partition coefficient (Wildman–Crippen LogP) is 2.19. The van der Waals surface area contributed by atoms with Crippen LogP contribution in [0.3, 0.4) is 0 Å². The Labute approximate surface area is 144 Å². The van der Waals surface area contributed by atoms with Crippen LogP contribution in [-0.2, 0) is 7.05 Å². The minimum atomic E-state index is -0.125. The fourth-order valence-corrected chi connectivity index (χ4v) is 4.92. The third-order valence-electron chi connectivity index (χ3n) is 6.22. The van der Waals surface area contributed by atoms with E-state index < -0.39 is 0 Å². The van der Waals surface area contributed by atoms with Crippen LogP contribution in [0.25, 0.3) is 0 Å². The quantitative estimate of drug-likeness (QED) is 0.772. The van der Waals surface area contributed by atoms with Gasteiger partial charge in [-0.3, -0.25) is 4.68 Å². The summed E-state index contributed by atoms with van der Waals surface area (Å²) in [5.74, 6) is 1.33. The van der Waals surface area contributed by atoms with Crippen molar-refractivity contribution in [2.24, 2.45) is 24.8 Å². The zero-order valence-corrected chi connectivity index (χ0v) is 15.2. The van der Waals surface area contributed by atoms with E-state index >= 15 is 0 Å². The number of hydrogen-bond donors (Lipinski definition) is 3.